The van der Waals surface area contributed by atoms with E-state index < -0.39 is 16.1 Å². The quantitative estimate of drug-likeness (QED) is 0.508. The Morgan fingerprint density at radius 3 is 2.17 bits per heavy atom. The molecule has 0 amide bonds. The molecule has 0 bridgehead atoms. The Labute approximate surface area is 176 Å². The first-order chi connectivity index (χ1) is 13.9. The first-order valence-corrected chi connectivity index (χ1v) is 10.8. The molecule has 0 fully saturated rings. The summed E-state index contributed by atoms with van der Waals surface area (Å²) in [6.07, 6.45) is 0. The topological polar surface area (TPSA) is 55.8 Å². The fourth-order valence-electron chi connectivity index (χ4n) is 3.14. The molecular formula is C22H22ClNO4S. The number of sulfonamides is 1. The monoisotopic (exact) mass is 431 g/mol. The minimum absolute atomic E-state index is 0.198. The highest BCUT2D eigenvalue weighted by molar-refractivity contribution is 7.92. The number of halogens is 1. The second kappa shape index (κ2) is 8.76. The van der Waals surface area contributed by atoms with Gasteiger partial charge in [0.05, 0.1) is 30.8 Å². The molecule has 3 aromatic rings. The SMILES string of the molecule is COc1ccc(N(C(C)c2cccc(Cl)c2)S(=O)(=O)c2ccccc2)cc1OC. The van der Waals surface area contributed by atoms with Crippen LogP contribution in [0.1, 0.15) is 18.5 Å². The molecule has 1 atom stereocenters. The summed E-state index contributed by atoms with van der Waals surface area (Å²) >= 11 is 6.15. The Hall–Kier alpha value is -2.70. The molecule has 5 nitrogen and oxygen atoms in total. The zero-order chi connectivity index (χ0) is 21.0. The van der Waals surface area contributed by atoms with E-state index in [1.54, 1.807) is 66.7 Å². The third-order valence-corrected chi connectivity index (χ3v) is 6.75. The van der Waals surface area contributed by atoms with Crippen molar-refractivity contribution in [3.63, 3.8) is 0 Å². The Morgan fingerprint density at radius 1 is 0.862 bits per heavy atom. The Morgan fingerprint density at radius 2 is 1.55 bits per heavy atom. The zero-order valence-corrected chi connectivity index (χ0v) is 17.9. The molecule has 0 saturated carbocycles. The van der Waals surface area contributed by atoms with E-state index in [1.807, 2.05) is 13.0 Å². The Balaban J connectivity index is 2.19. The lowest BCUT2D eigenvalue weighted by Gasteiger charge is -2.31. The van der Waals surface area contributed by atoms with E-state index in [0.29, 0.717) is 22.2 Å². The summed E-state index contributed by atoms with van der Waals surface area (Å²) in [5.74, 6) is 0.959. The predicted molar refractivity (Wildman–Crippen MR) is 116 cm³/mol. The lowest BCUT2D eigenvalue weighted by molar-refractivity contribution is 0.355. The molecule has 0 N–H and O–H groups in total. The standard InChI is InChI=1S/C22H22ClNO4S/c1-16(17-8-7-9-18(23)14-17)24(29(25,26)20-10-5-4-6-11-20)19-12-13-21(27-2)22(15-19)28-3/h4-16H,1-3H3. The van der Waals surface area contributed by atoms with Gasteiger partial charge in [-0.1, -0.05) is 41.9 Å². The van der Waals surface area contributed by atoms with E-state index >= 15 is 0 Å². The van der Waals surface area contributed by atoms with E-state index in [1.165, 1.54) is 18.5 Å². The summed E-state index contributed by atoms with van der Waals surface area (Å²) < 4.78 is 39.3. The molecular weight excluding hydrogens is 410 g/mol. The molecule has 0 spiro atoms. The van der Waals surface area contributed by atoms with Crippen LogP contribution < -0.4 is 13.8 Å². The molecule has 0 aliphatic rings. The molecule has 3 rings (SSSR count). The van der Waals surface area contributed by atoms with Gasteiger partial charge in [-0.15, -0.1) is 0 Å². The summed E-state index contributed by atoms with van der Waals surface area (Å²) in [6.45, 7) is 1.82. The fourth-order valence-corrected chi connectivity index (χ4v) is 5.00. The van der Waals surface area contributed by atoms with Crippen molar-refractivity contribution < 1.29 is 17.9 Å². The average molecular weight is 432 g/mol. The highest BCUT2D eigenvalue weighted by Crippen LogP contribution is 2.38. The number of nitrogens with zero attached hydrogens (tertiary/aromatic N) is 1. The fraction of sp³-hybridized carbons (Fsp3) is 0.182. The van der Waals surface area contributed by atoms with Gasteiger partial charge in [0.1, 0.15) is 0 Å². The summed E-state index contributed by atoms with van der Waals surface area (Å²) in [4.78, 5) is 0.198. The van der Waals surface area contributed by atoms with Gasteiger partial charge in [-0.3, -0.25) is 4.31 Å². The summed E-state index contributed by atoms with van der Waals surface area (Å²) in [7, 11) is -0.821. The van der Waals surface area contributed by atoms with Crippen molar-refractivity contribution in [2.75, 3.05) is 18.5 Å². The Kier molecular flexibility index (Phi) is 6.35. The van der Waals surface area contributed by atoms with Crippen LogP contribution in [0, 0.1) is 0 Å². The van der Waals surface area contributed by atoms with Crippen molar-refractivity contribution in [3.05, 3.63) is 83.4 Å². The van der Waals surface area contributed by atoms with E-state index in [9.17, 15) is 8.42 Å². The summed E-state index contributed by atoms with van der Waals surface area (Å²) in [5.41, 5.74) is 1.23. The first kappa shape index (κ1) is 21.0. The maximum Gasteiger partial charge on any atom is 0.264 e. The number of ether oxygens (including phenoxy) is 2. The number of hydrogen-bond donors (Lipinski definition) is 0. The predicted octanol–water partition coefficient (Wildman–Crippen LogP) is 5.31. The van der Waals surface area contributed by atoms with Gasteiger partial charge < -0.3 is 9.47 Å². The minimum atomic E-state index is -3.87. The van der Waals surface area contributed by atoms with Crippen molar-refractivity contribution >= 4 is 27.3 Å². The normalized spacial score (nSPS) is 12.3. The van der Waals surface area contributed by atoms with Crippen molar-refractivity contribution in [1.82, 2.24) is 0 Å². The molecule has 0 aliphatic heterocycles. The average Bonchev–Trinajstić information content (AvgIpc) is 2.74. The van der Waals surface area contributed by atoms with Crippen molar-refractivity contribution in [3.8, 4) is 11.5 Å². The maximum atomic E-state index is 13.6. The highest BCUT2D eigenvalue weighted by Gasteiger charge is 2.31. The molecule has 152 valence electrons. The van der Waals surface area contributed by atoms with Crippen LogP contribution in [-0.4, -0.2) is 22.6 Å². The number of hydrogen-bond acceptors (Lipinski definition) is 4. The van der Waals surface area contributed by atoms with Gasteiger partial charge >= 0.3 is 0 Å². The third-order valence-electron chi connectivity index (χ3n) is 4.60. The van der Waals surface area contributed by atoms with Crippen LogP contribution in [-0.2, 0) is 10.0 Å². The van der Waals surface area contributed by atoms with Crippen LogP contribution in [0.5, 0.6) is 11.5 Å². The van der Waals surface area contributed by atoms with Gasteiger partial charge in [0.15, 0.2) is 11.5 Å². The van der Waals surface area contributed by atoms with E-state index in [0.717, 1.165) is 5.56 Å². The van der Waals surface area contributed by atoms with Gasteiger partial charge in [-0.05, 0) is 48.9 Å². The van der Waals surface area contributed by atoms with Gasteiger partial charge in [0.25, 0.3) is 10.0 Å². The molecule has 1 unspecified atom stereocenters. The van der Waals surface area contributed by atoms with E-state index in [2.05, 4.69) is 0 Å². The maximum absolute atomic E-state index is 13.6. The second-order valence-electron chi connectivity index (χ2n) is 6.38. The zero-order valence-electron chi connectivity index (χ0n) is 16.4. The van der Waals surface area contributed by atoms with E-state index in [4.69, 9.17) is 21.1 Å². The molecule has 29 heavy (non-hydrogen) atoms. The molecule has 7 heteroatoms. The van der Waals surface area contributed by atoms with Gasteiger partial charge in [-0.25, -0.2) is 8.42 Å². The largest absolute Gasteiger partial charge is 0.493 e. The summed E-state index contributed by atoms with van der Waals surface area (Å²) in [6, 6.07) is 20.0. The third kappa shape index (κ3) is 4.33. The lowest BCUT2D eigenvalue weighted by atomic mass is 10.1. The Bertz CT molecular complexity index is 1090. The van der Waals surface area contributed by atoms with Crippen molar-refractivity contribution in [2.24, 2.45) is 0 Å². The molecule has 0 aliphatic carbocycles. The van der Waals surface area contributed by atoms with Crippen LogP contribution in [0.25, 0.3) is 0 Å². The van der Waals surface area contributed by atoms with Crippen LogP contribution >= 0.6 is 11.6 Å². The van der Waals surface area contributed by atoms with Crippen LogP contribution in [0.2, 0.25) is 5.02 Å². The van der Waals surface area contributed by atoms with Crippen LogP contribution in [0.15, 0.2) is 77.7 Å². The van der Waals surface area contributed by atoms with Gasteiger partial charge in [0.2, 0.25) is 0 Å². The van der Waals surface area contributed by atoms with Crippen LogP contribution in [0.4, 0.5) is 5.69 Å². The molecule has 3 aromatic carbocycles. The number of anilines is 1. The number of benzene rings is 3. The molecule has 0 heterocycles. The smallest absolute Gasteiger partial charge is 0.264 e. The number of rotatable bonds is 7. The van der Waals surface area contributed by atoms with Gasteiger partial charge in [-0.2, -0.15) is 0 Å². The molecule has 0 saturated heterocycles. The molecule has 0 radical (unpaired) electrons. The van der Waals surface area contributed by atoms with Crippen molar-refractivity contribution in [2.45, 2.75) is 17.9 Å². The van der Waals surface area contributed by atoms with Crippen molar-refractivity contribution in [1.29, 1.82) is 0 Å². The minimum Gasteiger partial charge on any atom is -0.493 e. The van der Waals surface area contributed by atoms with E-state index in [-0.39, 0.29) is 4.90 Å². The lowest BCUT2D eigenvalue weighted by Crippen LogP contribution is -2.33. The highest BCUT2D eigenvalue weighted by atomic mass is 35.5. The second-order valence-corrected chi connectivity index (χ2v) is 8.64. The summed E-state index contributed by atoms with van der Waals surface area (Å²) in [5, 5.41) is 0.540. The van der Waals surface area contributed by atoms with Gasteiger partial charge in [0, 0.05) is 11.1 Å². The molecule has 0 aromatic heterocycles. The van der Waals surface area contributed by atoms with Crippen LogP contribution in [0.3, 0.4) is 0 Å². The first-order valence-electron chi connectivity index (χ1n) is 8.95. The number of methoxy groups -OCH3 is 2.